The largest absolute Gasteiger partial charge is 0.347 e. The first kappa shape index (κ1) is 18.6. The molecule has 138 valence electrons. The van der Waals surface area contributed by atoms with Gasteiger partial charge in [-0.3, -0.25) is 4.79 Å². The third-order valence-electron chi connectivity index (χ3n) is 4.49. The Morgan fingerprint density at radius 3 is 2.59 bits per heavy atom. The molecule has 0 saturated heterocycles. The van der Waals surface area contributed by atoms with Gasteiger partial charge in [0.05, 0.1) is 0 Å². The Hall–Kier alpha value is -3.21. The molecule has 0 bridgehead atoms. The molecule has 5 heteroatoms. The van der Waals surface area contributed by atoms with Crippen LogP contribution in [0.5, 0.6) is 0 Å². The van der Waals surface area contributed by atoms with Gasteiger partial charge in [0.15, 0.2) is 0 Å². The fourth-order valence-electron chi connectivity index (χ4n) is 2.97. The molecular formula is C22H24N4O. The topological polar surface area (TPSA) is 58.1 Å². The van der Waals surface area contributed by atoms with Crippen molar-refractivity contribution in [3.8, 4) is 0 Å². The van der Waals surface area contributed by atoms with Crippen molar-refractivity contribution in [1.82, 2.24) is 15.3 Å². The van der Waals surface area contributed by atoms with E-state index in [-0.39, 0.29) is 5.91 Å². The summed E-state index contributed by atoms with van der Waals surface area (Å²) in [4.78, 5) is 23.1. The van der Waals surface area contributed by atoms with E-state index in [9.17, 15) is 4.79 Å². The number of carbonyl (C=O) groups is 1. The van der Waals surface area contributed by atoms with Crippen LogP contribution < -0.4 is 10.2 Å². The van der Waals surface area contributed by atoms with Crippen LogP contribution in [0, 0.1) is 13.8 Å². The summed E-state index contributed by atoms with van der Waals surface area (Å²) in [6.45, 7) is 7.36. The lowest BCUT2D eigenvalue weighted by Crippen LogP contribution is -2.25. The quantitative estimate of drug-likeness (QED) is 0.716. The van der Waals surface area contributed by atoms with Crippen LogP contribution >= 0.6 is 0 Å². The van der Waals surface area contributed by atoms with Crippen LogP contribution in [0.3, 0.4) is 0 Å². The van der Waals surface area contributed by atoms with Gasteiger partial charge in [0, 0.05) is 24.8 Å². The van der Waals surface area contributed by atoms with Crippen molar-refractivity contribution in [2.24, 2.45) is 0 Å². The molecule has 0 aliphatic rings. The van der Waals surface area contributed by atoms with Crippen molar-refractivity contribution >= 4 is 17.4 Å². The van der Waals surface area contributed by atoms with Gasteiger partial charge in [0.1, 0.15) is 17.8 Å². The Balaban J connectivity index is 1.78. The molecule has 3 rings (SSSR count). The Kier molecular flexibility index (Phi) is 5.81. The van der Waals surface area contributed by atoms with Crippen LogP contribution in [-0.2, 0) is 6.54 Å². The molecule has 1 aromatic heterocycles. The molecular weight excluding hydrogens is 336 g/mol. The van der Waals surface area contributed by atoms with E-state index in [1.807, 2.05) is 43.3 Å². The summed E-state index contributed by atoms with van der Waals surface area (Å²) in [7, 11) is 0. The smallest absolute Gasteiger partial charge is 0.270 e. The maximum atomic E-state index is 12.6. The molecule has 0 spiro atoms. The second-order valence-corrected chi connectivity index (χ2v) is 6.45. The number of hydrogen-bond donors (Lipinski definition) is 1. The van der Waals surface area contributed by atoms with Gasteiger partial charge >= 0.3 is 0 Å². The first-order valence-electron chi connectivity index (χ1n) is 9.07. The van der Waals surface area contributed by atoms with Crippen LogP contribution in [0.25, 0.3) is 0 Å². The first-order valence-corrected chi connectivity index (χ1v) is 9.07. The van der Waals surface area contributed by atoms with Crippen LogP contribution in [0.2, 0.25) is 0 Å². The molecule has 1 heterocycles. The molecule has 1 amide bonds. The lowest BCUT2D eigenvalue weighted by molar-refractivity contribution is 0.0945. The van der Waals surface area contributed by atoms with Gasteiger partial charge in [-0.15, -0.1) is 0 Å². The summed E-state index contributed by atoms with van der Waals surface area (Å²) < 4.78 is 0. The van der Waals surface area contributed by atoms with Gasteiger partial charge in [0.2, 0.25) is 0 Å². The number of anilines is 2. The van der Waals surface area contributed by atoms with Gasteiger partial charge in [-0.2, -0.15) is 0 Å². The second kappa shape index (κ2) is 8.45. The second-order valence-electron chi connectivity index (χ2n) is 6.45. The molecule has 0 unspecified atom stereocenters. The predicted molar refractivity (Wildman–Crippen MR) is 108 cm³/mol. The van der Waals surface area contributed by atoms with E-state index >= 15 is 0 Å². The fraction of sp³-hybridized carbons (Fsp3) is 0.227. The summed E-state index contributed by atoms with van der Waals surface area (Å²) in [5.74, 6) is 0.501. The highest BCUT2D eigenvalue weighted by atomic mass is 16.1. The summed E-state index contributed by atoms with van der Waals surface area (Å²) >= 11 is 0. The minimum absolute atomic E-state index is 0.206. The van der Waals surface area contributed by atoms with Gasteiger partial charge in [0.25, 0.3) is 5.91 Å². The van der Waals surface area contributed by atoms with Crippen molar-refractivity contribution in [2.75, 3.05) is 11.4 Å². The van der Waals surface area contributed by atoms with Crippen molar-refractivity contribution in [2.45, 2.75) is 27.3 Å². The third-order valence-corrected chi connectivity index (χ3v) is 4.49. The van der Waals surface area contributed by atoms with E-state index in [0.717, 1.165) is 23.4 Å². The molecule has 3 aromatic rings. The van der Waals surface area contributed by atoms with Gasteiger partial charge in [-0.05, 0) is 49.6 Å². The minimum Gasteiger partial charge on any atom is -0.347 e. The van der Waals surface area contributed by atoms with Crippen molar-refractivity contribution in [3.63, 3.8) is 0 Å². The number of aryl methyl sites for hydroxylation is 2. The molecule has 27 heavy (non-hydrogen) atoms. The molecule has 1 N–H and O–H groups in total. The van der Waals surface area contributed by atoms with E-state index in [1.165, 1.54) is 11.9 Å². The van der Waals surface area contributed by atoms with Crippen molar-refractivity contribution < 1.29 is 4.79 Å². The van der Waals surface area contributed by atoms with Crippen molar-refractivity contribution in [1.29, 1.82) is 0 Å². The number of nitrogens with one attached hydrogen (secondary N) is 1. The van der Waals surface area contributed by atoms with Crippen LogP contribution in [-0.4, -0.2) is 22.4 Å². The van der Waals surface area contributed by atoms with Crippen LogP contribution in [0.1, 0.15) is 34.1 Å². The average molecular weight is 360 g/mol. The lowest BCUT2D eigenvalue weighted by Gasteiger charge is -2.22. The maximum Gasteiger partial charge on any atom is 0.270 e. The summed E-state index contributed by atoms with van der Waals surface area (Å²) in [5, 5.41) is 2.94. The molecule has 2 aromatic carbocycles. The number of rotatable bonds is 6. The molecule has 5 nitrogen and oxygen atoms in total. The lowest BCUT2D eigenvalue weighted by atomic mass is 10.1. The van der Waals surface area contributed by atoms with Crippen molar-refractivity contribution in [3.05, 3.63) is 83.3 Å². The SMILES string of the molecule is CCN(c1cccc(C)c1)c1cc(C(=O)NCc2ccccc2C)ncn1. The zero-order valence-corrected chi connectivity index (χ0v) is 15.9. The fourth-order valence-corrected chi connectivity index (χ4v) is 2.97. The predicted octanol–water partition coefficient (Wildman–Crippen LogP) is 4.18. The van der Waals surface area contributed by atoms with Gasteiger partial charge in [-0.1, -0.05) is 36.4 Å². The summed E-state index contributed by atoms with van der Waals surface area (Å²) in [6.07, 6.45) is 1.44. The van der Waals surface area contributed by atoms with E-state index in [0.29, 0.717) is 18.1 Å². The zero-order valence-electron chi connectivity index (χ0n) is 15.9. The average Bonchev–Trinajstić information content (AvgIpc) is 2.68. The number of carbonyl (C=O) groups excluding carboxylic acids is 1. The Bertz CT molecular complexity index is 939. The Morgan fingerprint density at radius 1 is 1.04 bits per heavy atom. The highest BCUT2D eigenvalue weighted by Crippen LogP contribution is 2.24. The van der Waals surface area contributed by atoms with E-state index in [2.05, 4.69) is 46.2 Å². The maximum absolute atomic E-state index is 12.6. The first-order chi connectivity index (χ1) is 13.1. The highest BCUT2D eigenvalue weighted by molar-refractivity contribution is 5.93. The normalized spacial score (nSPS) is 10.5. The molecule has 0 saturated carbocycles. The summed E-state index contributed by atoms with van der Waals surface area (Å²) in [5.41, 5.74) is 4.83. The molecule has 0 fully saturated rings. The monoisotopic (exact) mass is 360 g/mol. The van der Waals surface area contributed by atoms with E-state index < -0.39 is 0 Å². The standard InChI is InChI=1S/C22H24N4O/c1-4-26(19-11-7-8-16(2)12-19)21-13-20(24-15-25-21)22(27)23-14-18-10-6-5-9-17(18)3/h5-13,15H,4,14H2,1-3H3,(H,23,27). The third kappa shape index (κ3) is 4.50. The number of hydrogen-bond acceptors (Lipinski definition) is 4. The minimum atomic E-state index is -0.206. The molecule has 0 radical (unpaired) electrons. The summed E-state index contributed by atoms with van der Waals surface area (Å²) in [6, 6.07) is 18.0. The van der Waals surface area contributed by atoms with Crippen LogP contribution in [0.4, 0.5) is 11.5 Å². The molecule has 0 aliphatic carbocycles. The van der Waals surface area contributed by atoms with Gasteiger partial charge in [-0.25, -0.2) is 9.97 Å². The zero-order chi connectivity index (χ0) is 19.2. The number of aromatic nitrogens is 2. The Morgan fingerprint density at radius 2 is 1.85 bits per heavy atom. The van der Waals surface area contributed by atoms with Gasteiger partial charge < -0.3 is 10.2 Å². The Labute approximate surface area is 160 Å². The van der Waals surface area contributed by atoms with E-state index in [4.69, 9.17) is 0 Å². The molecule has 0 aliphatic heterocycles. The number of amides is 1. The molecule has 0 atom stereocenters. The number of benzene rings is 2. The highest BCUT2D eigenvalue weighted by Gasteiger charge is 2.14. The number of nitrogens with zero attached hydrogens (tertiary/aromatic N) is 3. The van der Waals surface area contributed by atoms with Crippen LogP contribution in [0.15, 0.2) is 60.9 Å². The van der Waals surface area contributed by atoms with E-state index in [1.54, 1.807) is 6.07 Å².